The molecule has 0 unspecified atom stereocenters. The monoisotopic (exact) mass is 452 g/mol. The van der Waals surface area contributed by atoms with E-state index in [0.717, 1.165) is 10.6 Å². The highest BCUT2D eigenvalue weighted by atomic mass is 32.2. The Morgan fingerprint density at radius 3 is 2.13 bits per heavy atom. The second-order valence-electron chi connectivity index (χ2n) is 6.47. The van der Waals surface area contributed by atoms with Crippen molar-refractivity contribution in [2.45, 2.75) is 13.5 Å². The van der Waals surface area contributed by atoms with Crippen molar-refractivity contribution >= 4 is 21.6 Å². The van der Waals surface area contributed by atoms with E-state index in [-0.39, 0.29) is 13.1 Å². The Labute approximate surface area is 182 Å². The number of rotatable bonds is 11. The van der Waals surface area contributed by atoms with Gasteiger partial charge in [-0.05, 0) is 43.3 Å². The molecule has 0 radical (unpaired) electrons. The van der Waals surface area contributed by atoms with Crippen LogP contribution < -0.4 is 28.6 Å². The predicted octanol–water partition coefficient (Wildman–Crippen LogP) is 2.19. The summed E-state index contributed by atoms with van der Waals surface area (Å²) < 4.78 is 46.9. The van der Waals surface area contributed by atoms with Crippen LogP contribution in [0.4, 0.5) is 5.69 Å². The molecule has 170 valence electrons. The Hall–Kier alpha value is -3.14. The average molecular weight is 453 g/mol. The number of methoxy groups -OCH3 is 3. The number of sulfonamides is 1. The maximum absolute atomic E-state index is 12.6. The lowest BCUT2D eigenvalue weighted by Crippen LogP contribution is -2.40. The number of carbonyl (C=O) groups is 1. The molecule has 0 atom stereocenters. The number of nitrogens with zero attached hydrogens (tertiary/aromatic N) is 1. The summed E-state index contributed by atoms with van der Waals surface area (Å²) in [5.41, 5.74) is 1.02. The van der Waals surface area contributed by atoms with Gasteiger partial charge in [-0.1, -0.05) is 0 Å². The molecular formula is C21H28N2O7S. The Balaban J connectivity index is 2.15. The van der Waals surface area contributed by atoms with Crippen LogP contribution in [0.5, 0.6) is 23.0 Å². The van der Waals surface area contributed by atoms with E-state index in [9.17, 15) is 13.2 Å². The Morgan fingerprint density at radius 1 is 0.968 bits per heavy atom. The highest BCUT2D eigenvalue weighted by Crippen LogP contribution is 2.39. The molecule has 0 saturated carbocycles. The van der Waals surface area contributed by atoms with Crippen LogP contribution in [0.1, 0.15) is 12.5 Å². The fourth-order valence-electron chi connectivity index (χ4n) is 2.96. The second-order valence-corrected chi connectivity index (χ2v) is 8.37. The van der Waals surface area contributed by atoms with Crippen molar-refractivity contribution in [1.82, 2.24) is 5.32 Å². The highest BCUT2D eigenvalue weighted by molar-refractivity contribution is 7.92. The molecule has 1 amide bonds. The molecule has 1 N–H and O–H groups in total. The van der Waals surface area contributed by atoms with Gasteiger partial charge in [0.2, 0.25) is 21.7 Å². The SMILES string of the molecule is CCOc1ccc(N(CC(=O)NCc2ccc(OC)c(OC)c2OC)S(C)(=O)=O)cc1. The minimum Gasteiger partial charge on any atom is -0.494 e. The van der Waals surface area contributed by atoms with E-state index in [1.54, 1.807) is 36.4 Å². The molecule has 2 aromatic rings. The third-order valence-corrected chi connectivity index (χ3v) is 5.53. The molecule has 0 aliphatic rings. The van der Waals surface area contributed by atoms with Gasteiger partial charge >= 0.3 is 0 Å². The molecule has 31 heavy (non-hydrogen) atoms. The quantitative estimate of drug-likeness (QED) is 0.557. The van der Waals surface area contributed by atoms with E-state index in [4.69, 9.17) is 18.9 Å². The topological polar surface area (TPSA) is 103 Å². The Kier molecular flexibility index (Phi) is 8.38. The van der Waals surface area contributed by atoms with Crippen molar-refractivity contribution in [3.8, 4) is 23.0 Å². The van der Waals surface area contributed by atoms with E-state index in [1.165, 1.54) is 21.3 Å². The maximum atomic E-state index is 12.6. The van der Waals surface area contributed by atoms with E-state index in [2.05, 4.69) is 5.32 Å². The molecule has 0 aromatic heterocycles. The zero-order valence-corrected chi connectivity index (χ0v) is 19.1. The Morgan fingerprint density at radius 2 is 1.61 bits per heavy atom. The van der Waals surface area contributed by atoms with Crippen LogP contribution in [-0.4, -0.2) is 55.1 Å². The number of hydrogen-bond donors (Lipinski definition) is 1. The van der Waals surface area contributed by atoms with Crippen molar-refractivity contribution in [2.24, 2.45) is 0 Å². The first kappa shape index (κ1) is 24.1. The number of amides is 1. The van der Waals surface area contributed by atoms with Gasteiger partial charge in [-0.2, -0.15) is 0 Å². The van der Waals surface area contributed by atoms with Gasteiger partial charge < -0.3 is 24.3 Å². The average Bonchev–Trinajstić information content (AvgIpc) is 2.75. The number of hydrogen-bond acceptors (Lipinski definition) is 7. The zero-order chi connectivity index (χ0) is 23.0. The molecule has 0 saturated heterocycles. The maximum Gasteiger partial charge on any atom is 0.241 e. The zero-order valence-electron chi connectivity index (χ0n) is 18.3. The number of nitrogens with one attached hydrogen (secondary N) is 1. The van der Waals surface area contributed by atoms with Gasteiger partial charge in [0.25, 0.3) is 0 Å². The molecule has 0 bridgehead atoms. The minimum atomic E-state index is -3.68. The van der Waals surface area contributed by atoms with Gasteiger partial charge in [0.1, 0.15) is 12.3 Å². The van der Waals surface area contributed by atoms with Crippen molar-refractivity contribution in [2.75, 3.05) is 45.0 Å². The molecule has 0 fully saturated rings. The summed E-state index contributed by atoms with van der Waals surface area (Å²) in [6.45, 7) is 2.09. The minimum absolute atomic E-state index is 0.114. The van der Waals surface area contributed by atoms with Crippen LogP contribution in [-0.2, 0) is 21.4 Å². The summed E-state index contributed by atoms with van der Waals surface area (Å²) >= 11 is 0. The molecule has 9 nitrogen and oxygen atoms in total. The molecule has 0 aliphatic heterocycles. The van der Waals surface area contributed by atoms with Crippen LogP contribution in [0.2, 0.25) is 0 Å². The summed E-state index contributed by atoms with van der Waals surface area (Å²) in [6.07, 6.45) is 1.05. The van der Waals surface area contributed by atoms with E-state index in [1.807, 2.05) is 6.92 Å². The van der Waals surface area contributed by atoms with Gasteiger partial charge in [-0.25, -0.2) is 8.42 Å². The van der Waals surface area contributed by atoms with Gasteiger partial charge in [-0.3, -0.25) is 9.10 Å². The van der Waals surface area contributed by atoms with Crippen molar-refractivity contribution in [1.29, 1.82) is 0 Å². The van der Waals surface area contributed by atoms with Crippen LogP contribution in [0.25, 0.3) is 0 Å². The van der Waals surface area contributed by atoms with Gasteiger partial charge in [0.15, 0.2) is 11.5 Å². The third-order valence-electron chi connectivity index (χ3n) is 4.38. The molecule has 2 rings (SSSR count). The van der Waals surface area contributed by atoms with Crippen LogP contribution in [0, 0.1) is 0 Å². The summed E-state index contributed by atoms with van der Waals surface area (Å²) in [4.78, 5) is 12.6. The lowest BCUT2D eigenvalue weighted by atomic mass is 10.1. The number of anilines is 1. The molecule has 10 heteroatoms. The van der Waals surface area contributed by atoms with Gasteiger partial charge in [0, 0.05) is 12.1 Å². The van der Waals surface area contributed by atoms with Crippen molar-refractivity contribution in [3.63, 3.8) is 0 Å². The number of benzene rings is 2. The number of ether oxygens (including phenoxy) is 4. The fourth-order valence-corrected chi connectivity index (χ4v) is 3.81. The third kappa shape index (κ3) is 6.17. The largest absolute Gasteiger partial charge is 0.494 e. The van der Waals surface area contributed by atoms with Crippen molar-refractivity contribution < 1.29 is 32.2 Å². The number of carbonyl (C=O) groups excluding carboxylic acids is 1. The normalized spacial score (nSPS) is 10.9. The molecule has 2 aromatic carbocycles. The summed E-state index contributed by atoms with van der Waals surface area (Å²) in [5, 5.41) is 2.72. The van der Waals surface area contributed by atoms with Crippen molar-refractivity contribution in [3.05, 3.63) is 42.0 Å². The fraction of sp³-hybridized carbons (Fsp3) is 0.381. The van der Waals surface area contributed by atoms with Crippen LogP contribution >= 0.6 is 0 Å². The van der Waals surface area contributed by atoms with Gasteiger partial charge in [0.05, 0.1) is 39.9 Å². The lowest BCUT2D eigenvalue weighted by Gasteiger charge is -2.22. The van der Waals surface area contributed by atoms with E-state index >= 15 is 0 Å². The first-order chi connectivity index (χ1) is 14.7. The van der Waals surface area contributed by atoms with E-state index in [0.29, 0.717) is 40.9 Å². The predicted molar refractivity (Wildman–Crippen MR) is 118 cm³/mol. The first-order valence-corrected chi connectivity index (χ1v) is 11.3. The Bertz CT molecular complexity index is 992. The standard InChI is InChI=1S/C21H28N2O7S/c1-6-30-17-10-8-16(9-11-17)23(31(5,25)26)14-19(24)22-13-15-7-12-18(27-2)21(29-4)20(15)28-3/h7-12H,6,13-14H2,1-5H3,(H,22,24). The molecule has 0 heterocycles. The van der Waals surface area contributed by atoms with Gasteiger partial charge in [-0.15, -0.1) is 0 Å². The second kappa shape index (κ2) is 10.8. The smallest absolute Gasteiger partial charge is 0.241 e. The van der Waals surface area contributed by atoms with E-state index < -0.39 is 15.9 Å². The summed E-state index contributed by atoms with van der Waals surface area (Å²) in [5.74, 6) is 1.46. The molecule has 0 aliphatic carbocycles. The summed E-state index contributed by atoms with van der Waals surface area (Å²) in [7, 11) is 0.806. The molecule has 0 spiro atoms. The summed E-state index contributed by atoms with van der Waals surface area (Å²) in [6, 6.07) is 9.94. The van der Waals surface area contributed by atoms with Crippen LogP contribution in [0.15, 0.2) is 36.4 Å². The highest BCUT2D eigenvalue weighted by Gasteiger charge is 2.22. The first-order valence-electron chi connectivity index (χ1n) is 9.50. The lowest BCUT2D eigenvalue weighted by molar-refractivity contribution is -0.119. The van der Waals surface area contributed by atoms with Crippen LogP contribution in [0.3, 0.4) is 0 Å². The molecular weight excluding hydrogens is 424 g/mol.